The summed E-state index contributed by atoms with van der Waals surface area (Å²) in [5.74, 6) is 0.929. The van der Waals surface area contributed by atoms with Crippen LogP contribution in [-0.4, -0.2) is 56.5 Å². The summed E-state index contributed by atoms with van der Waals surface area (Å²) >= 11 is 0. The second-order valence-electron chi connectivity index (χ2n) is 10.3. The summed E-state index contributed by atoms with van der Waals surface area (Å²) in [6.45, 7) is 1.04. The molecule has 0 unspecified atom stereocenters. The molecule has 3 aromatic carbocycles. The number of carbonyl (C=O) groups is 3. The molecule has 1 saturated heterocycles. The predicted molar refractivity (Wildman–Crippen MR) is 159 cm³/mol. The normalized spacial score (nSPS) is 16.9. The van der Waals surface area contributed by atoms with Crippen LogP contribution in [0.2, 0.25) is 0 Å². The van der Waals surface area contributed by atoms with Gasteiger partial charge in [-0.15, -0.1) is 0 Å². The summed E-state index contributed by atoms with van der Waals surface area (Å²) in [7, 11) is 4.88. The quantitative estimate of drug-likeness (QED) is 0.391. The molecule has 0 saturated carbocycles. The number of methoxy groups -OCH3 is 2. The molecule has 5 rings (SSSR count). The Kier molecular flexibility index (Phi) is 8.38. The molecule has 2 heterocycles. The van der Waals surface area contributed by atoms with Gasteiger partial charge in [-0.25, -0.2) is 0 Å². The van der Waals surface area contributed by atoms with Gasteiger partial charge in [0, 0.05) is 62.1 Å². The molecule has 0 N–H and O–H groups in total. The zero-order chi connectivity index (χ0) is 28.9. The third kappa shape index (κ3) is 5.96. The minimum Gasteiger partial charge on any atom is -0.497 e. The Morgan fingerprint density at radius 2 is 1.71 bits per heavy atom. The first-order valence-corrected chi connectivity index (χ1v) is 13.8. The standard InChI is InChI=1S/C33H35N3O5/c1-34(26-13-15-27(16-14-26)35-19-7-6-10-31(35)37)33(39)29-20-24-8-4-5-9-25(24)22-36(29)32(38)18-12-23-11-17-28(40-2)21-30(23)41-3/h4-5,8-9,11-18,21,29H,6-7,10,19-20,22H2,1-3H3/b18-12+/t29-/m0/s1. The van der Waals surface area contributed by atoms with Gasteiger partial charge < -0.3 is 24.2 Å². The van der Waals surface area contributed by atoms with Crippen molar-refractivity contribution < 1.29 is 23.9 Å². The Morgan fingerprint density at radius 3 is 2.41 bits per heavy atom. The number of nitrogens with zero attached hydrogens (tertiary/aromatic N) is 3. The van der Waals surface area contributed by atoms with Gasteiger partial charge in [0.15, 0.2) is 0 Å². The lowest BCUT2D eigenvalue weighted by atomic mass is 9.93. The van der Waals surface area contributed by atoms with Crippen LogP contribution in [0.15, 0.2) is 72.8 Å². The lowest BCUT2D eigenvalue weighted by Gasteiger charge is -2.37. The fourth-order valence-electron chi connectivity index (χ4n) is 5.47. The summed E-state index contributed by atoms with van der Waals surface area (Å²) in [6, 6.07) is 20.1. The van der Waals surface area contributed by atoms with E-state index >= 15 is 0 Å². The molecule has 2 aliphatic rings. The fraction of sp³-hybridized carbons (Fsp3) is 0.303. The number of hydrogen-bond donors (Lipinski definition) is 0. The van der Waals surface area contributed by atoms with E-state index in [4.69, 9.17) is 9.47 Å². The van der Waals surface area contributed by atoms with E-state index in [0.717, 1.165) is 35.2 Å². The minimum atomic E-state index is -0.673. The van der Waals surface area contributed by atoms with Gasteiger partial charge in [-0.1, -0.05) is 24.3 Å². The maximum absolute atomic E-state index is 13.9. The zero-order valence-corrected chi connectivity index (χ0v) is 23.7. The van der Waals surface area contributed by atoms with Gasteiger partial charge in [0.1, 0.15) is 17.5 Å². The third-order valence-corrected chi connectivity index (χ3v) is 7.87. The number of fused-ring (bicyclic) bond motifs is 1. The topological polar surface area (TPSA) is 79.4 Å². The summed E-state index contributed by atoms with van der Waals surface area (Å²) < 4.78 is 10.7. The average molecular weight is 554 g/mol. The maximum Gasteiger partial charge on any atom is 0.249 e. The maximum atomic E-state index is 13.9. The Morgan fingerprint density at radius 1 is 0.951 bits per heavy atom. The highest BCUT2D eigenvalue weighted by Gasteiger charge is 2.35. The Labute approximate surface area is 240 Å². The minimum absolute atomic E-state index is 0.128. The van der Waals surface area contributed by atoms with Gasteiger partial charge >= 0.3 is 0 Å². The molecule has 3 aromatic rings. The van der Waals surface area contributed by atoms with Crippen LogP contribution in [0.5, 0.6) is 11.5 Å². The van der Waals surface area contributed by atoms with Gasteiger partial charge in [0.05, 0.1) is 14.2 Å². The number of likely N-dealkylation sites (N-methyl/N-ethyl adjacent to an activating group) is 1. The van der Waals surface area contributed by atoms with E-state index in [2.05, 4.69) is 0 Å². The number of ether oxygens (including phenoxy) is 2. The molecule has 8 nitrogen and oxygen atoms in total. The predicted octanol–water partition coefficient (Wildman–Crippen LogP) is 4.85. The Hall–Kier alpha value is -4.59. The molecule has 0 spiro atoms. The van der Waals surface area contributed by atoms with Crippen LogP contribution >= 0.6 is 0 Å². The van der Waals surface area contributed by atoms with Gasteiger partial charge in [-0.2, -0.15) is 0 Å². The second kappa shape index (κ2) is 12.3. The SMILES string of the molecule is COc1ccc(/C=C/C(=O)N2Cc3ccccc3C[C@H]2C(=O)N(C)c2ccc(N3CCCCC3=O)cc2)c(OC)c1. The molecule has 41 heavy (non-hydrogen) atoms. The van der Waals surface area contributed by atoms with Crippen molar-refractivity contribution in [3.05, 3.63) is 89.5 Å². The van der Waals surface area contributed by atoms with Crippen LogP contribution in [0.25, 0.3) is 6.08 Å². The van der Waals surface area contributed by atoms with Crippen molar-refractivity contribution >= 4 is 35.2 Å². The van der Waals surface area contributed by atoms with Crippen molar-refractivity contribution in [3.63, 3.8) is 0 Å². The highest BCUT2D eigenvalue weighted by molar-refractivity contribution is 6.02. The molecular formula is C33H35N3O5. The Bertz CT molecular complexity index is 1470. The van der Waals surface area contributed by atoms with Crippen molar-refractivity contribution in [1.29, 1.82) is 0 Å². The molecule has 0 aromatic heterocycles. The molecule has 0 radical (unpaired) electrons. The van der Waals surface area contributed by atoms with Crippen molar-refractivity contribution in [2.45, 2.75) is 38.3 Å². The molecule has 3 amide bonds. The molecule has 2 aliphatic heterocycles. The number of benzene rings is 3. The van der Waals surface area contributed by atoms with Crippen LogP contribution in [0.3, 0.4) is 0 Å². The molecule has 1 fully saturated rings. The third-order valence-electron chi connectivity index (χ3n) is 7.87. The Balaban J connectivity index is 1.38. The molecule has 1 atom stereocenters. The molecule has 0 aliphatic carbocycles. The number of carbonyl (C=O) groups excluding carboxylic acids is 3. The second-order valence-corrected chi connectivity index (χ2v) is 10.3. The van der Waals surface area contributed by atoms with Crippen LogP contribution in [-0.2, 0) is 27.3 Å². The van der Waals surface area contributed by atoms with E-state index in [1.54, 1.807) is 54.2 Å². The summed E-state index contributed by atoms with van der Waals surface area (Å²) in [6.07, 6.45) is 6.08. The first-order chi connectivity index (χ1) is 19.9. The number of piperidine rings is 1. The lowest BCUT2D eigenvalue weighted by Crippen LogP contribution is -2.52. The van der Waals surface area contributed by atoms with E-state index in [-0.39, 0.29) is 17.7 Å². The smallest absolute Gasteiger partial charge is 0.249 e. The molecular weight excluding hydrogens is 518 g/mol. The van der Waals surface area contributed by atoms with Gasteiger partial charge in [-0.05, 0) is 66.4 Å². The fourth-order valence-corrected chi connectivity index (χ4v) is 5.47. The van der Waals surface area contributed by atoms with Crippen molar-refractivity contribution in [1.82, 2.24) is 4.90 Å². The van der Waals surface area contributed by atoms with E-state index in [1.165, 1.54) is 6.08 Å². The highest BCUT2D eigenvalue weighted by Crippen LogP contribution is 2.29. The van der Waals surface area contributed by atoms with Crippen LogP contribution in [0.1, 0.15) is 36.0 Å². The van der Waals surface area contributed by atoms with Crippen LogP contribution in [0, 0.1) is 0 Å². The highest BCUT2D eigenvalue weighted by atomic mass is 16.5. The van der Waals surface area contributed by atoms with Crippen molar-refractivity contribution in [2.75, 3.05) is 37.6 Å². The van der Waals surface area contributed by atoms with E-state index in [1.807, 2.05) is 54.6 Å². The summed E-state index contributed by atoms with van der Waals surface area (Å²) in [5, 5.41) is 0. The van der Waals surface area contributed by atoms with Crippen LogP contribution < -0.4 is 19.3 Å². The molecule has 212 valence electrons. The number of amides is 3. The van der Waals surface area contributed by atoms with Gasteiger partial charge in [0.2, 0.25) is 17.7 Å². The number of hydrogen-bond acceptors (Lipinski definition) is 5. The van der Waals surface area contributed by atoms with Crippen molar-refractivity contribution in [2.24, 2.45) is 0 Å². The van der Waals surface area contributed by atoms with Gasteiger partial charge in [-0.3, -0.25) is 14.4 Å². The van der Waals surface area contributed by atoms with E-state index in [0.29, 0.717) is 43.1 Å². The first-order valence-electron chi connectivity index (χ1n) is 13.8. The lowest BCUT2D eigenvalue weighted by molar-refractivity contribution is -0.136. The molecule has 8 heteroatoms. The van der Waals surface area contributed by atoms with Gasteiger partial charge in [0.25, 0.3) is 0 Å². The van der Waals surface area contributed by atoms with Crippen molar-refractivity contribution in [3.8, 4) is 11.5 Å². The van der Waals surface area contributed by atoms with E-state index in [9.17, 15) is 14.4 Å². The van der Waals surface area contributed by atoms with Crippen LogP contribution in [0.4, 0.5) is 11.4 Å². The summed E-state index contributed by atoms with van der Waals surface area (Å²) in [5.41, 5.74) is 4.35. The molecule has 0 bridgehead atoms. The number of anilines is 2. The van der Waals surface area contributed by atoms with E-state index < -0.39 is 6.04 Å². The number of rotatable bonds is 7. The summed E-state index contributed by atoms with van der Waals surface area (Å²) in [4.78, 5) is 44.9. The average Bonchev–Trinajstić information content (AvgIpc) is 3.02. The first kappa shape index (κ1) is 28.0. The zero-order valence-electron chi connectivity index (χ0n) is 23.7. The monoisotopic (exact) mass is 553 g/mol. The largest absolute Gasteiger partial charge is 0.497 e.